The van der Waals surface area contributed by atoms with Gasteiger partial charge in [0.1, 0.15) is 11.6 Å². The normalized spacial score (nSPS) is 14.7. The van der Waals surface area contributed by atoms with Gasteiger partial charge >= 0.3 is 30.7 Å². The van der Waals surface area contributed by atoms with Gasteiger partial charge in [-0.3, -0.25) is 4.79 Å². The summed E-state index contributed by atoms with van der Waals surface area (Å²) in [6.07, 6.45) is -22.2. The van der Waals surface area contributed by atoms with Gasteiger partial charge in [0.15, 0.2) is 0 Å². The number of nitrogens with two attached hydrogens (primary N) is 1. The Morgan fingerprint density at radius 3 is 0.943 bits per heavy atom. The van der Waals surface area contributed by atoms with E-state index < -0.39 is 87.8 Å². The van der Waals surface area contributed by atoms with Gasteiger partial charge in [-0.1, -0.05) is 0 Å². The highest BCUT2D eigenvalue weighted by molar-refractivity contribution is 5.77. The third-order valence-corrected chi connectivity index (χ3v) is 4.77. The van der Waals surface area contributed by atoms with Crippen molar-refractivity contribution < 1.29 is 67.7 Å². The zero-order valence-corrected chi connectivity index (χ0v) is 16.5. The van der Waals surface area contributed by atoms with E-state index in [-0.39, 0.29) is 24.3 Å². The lowest BCUT2D eigenvalue weighted by Crippen LogP contribution is -2.51. The minimum absolute atomic E-state index is 0.258. The van der Waals surface area contributed by atoms with E-state index in [1.807, 2.05) is 0 Å². The molecule has 0 aromatic heterocycles. The average Bonchev–Trinajstić information content (AvgIpc) is 2.69. The number of rotatable bonds is 4. The molecule has 35 heavy (non-hydrogen) atoms. The maximum atomic E-state index is 13.2. The third kappa shape index (κ3) is 5.80. The summed E-state index contributed by atoms with van der Waals surface area (Å²) in [6, 6.07) is -4.96. The summed E-state index contributed by atoms with van der Waals surface area (Å²) in [7, 11) is 0. The first-order valence-electron chi connectivity index (χ1n) is 8.79. The second kappa shape index (κ2) is 8.58. The lowest BCUT2D eigenvalue weighted by molar-refractivity contribution is -0.144. The van der Waals surface area contributed by atoms with Crippen LogP contribution in [0.3, 0.4) is 0 Å². The molecule has 0 aliphatic carbocycles. The smallest absolute Gasteiger partial charge is 0.416 e. The van der Waals surface area contributed by atoms with E-state index >= 15 is 0 Å². The summed E-state index contributed by atoms with van der Waals surface area (Å²) in [6.45, 7) is 0. The van der Waals surface area contributed by atoms with Crippen LogP contribution in [0.4, 0.5) is 52.7 Å². The topological polar surface area (TPSA) is 83.6 Å². The van der Waals surface area contributed by atoms with Crippen molar-refractivity contribution in [3.8, 4) is 0 Å². The van der Waals surface area contributed by atoms with Crippen molar-refractivity contribution in [2.45, 2.75) is 36.3 Å². The Morgan fingerprint density at radius 1 is 0.571 bits per heavy atom. The monoisotopic (exact) mass is 529 g/mol. The van der Waals surface area contributed by atoms with Crippen LogP contribution in [-0.4, -0.2) is 22.2 Å². The number of benzene rings is 2. The van der Waals surface area contributed by atoms with Gasteiger partial charge in [0.25, 0.3) is 0 Å². The van der Waals surface area contributed by atoms with Gasteiger partial charge in [0.2, 0.25) is 0 Å². The van der Waals surface area contributed by atoms with Gasteiger partial charge in [-0.05, 0) is 47.5 Å². The molecule has 2 rings (SSSR count). The fourth-order valence-electron chi connectivity index (χ4n) is 3.05. The molecule has 4 N–H and O–H groups in total. The number of carboxylic acid groups (broad SMARTS) is 1. The lowest BCUT2D eigenvalue weighted by atomic mass is 9.78. The van der Waals surface area contributed by atoms with Crippen LogP contribution in [0.25, 0.3) is 0 Å². The summed E-state index contributed by atoms with van der Waals surface area (Å²) in [5.41, 5.74) is -10.6. The zero-order valence-electron chi connectivity index (χ0n) is 16.5. The molecule has 2 aromatic carbocycles. The molecule has 0 radical (unpaired) electrons. The molecule has 1 atom stereocenters. The molecule has 0 saturated heterocycles. The van der Waals surface area contributed by atoms with E-state index in [4.69, 9.17) is 5.73 Å². The summed E-state index contributed by atoms with van der Waals surface area (Å²) >= 11 is 0. The second-order valence-corrected chi connectivity index (χ2v) is 7.17. The molecule has 0 saturated carbocycles. The van der Waals surface area contributed by atoms with Crippen LogP contribution in [0.5, 0.6) is 0 Å². The van der Waals surface area contributed by atoms with E-state index in [2.05, 4.69) is 0 Å². The first-order valence-corrected chi connectivity index (χ1v) is 8.79. The number of aliphatic carboxylic acids is 1. The number of halogens is 12. The van der Waals surface area contributed by atoms with Gasteiger partial charge in [-0.25, -0.2) is 0 Å². The standard InChI is InChI=1S/C19H11F12NO3/c20-16(21,22)9-1-7(2-10(5-9)17(23,24)25)15(35,13(32)14(33)34)8-3-11(18(26,27)28)6-12(4-8)19(29,30)31/h1-6,13,35H,32H2,(H,33,34)/t13-/m1/s1. The van der Waals surface area contributed by atoms with Crippen molar-refractivity contribution in [2.75, 3.05) is 0 Å². The molecule has 0 bridgehead atoms. The van der Waals surface area contributed by atoms with Crippen molar-refractivity contribution in [2.24, 2.45) is 5.73 Å². The van der Waals surface area contributed by atoms with Crippen LogP contribution in [0.1, 0.15) is 33.4 Å². The van der Waals surface area contributed by atoms with Crippen molar-refractivity contribution in [3.63, 3.8) is 0 Å². The van der Waals surface area contributed by atoms with E-state index in [1.165, 1.54) is 0 Å². The molecular formula is C19H11F12NO3. The number of hydrogen-bond acceptors (Lipinski definition) is 3. The summed E-state index contributed by atoms with van der Waals surface area (Å²) < 4.78 is 159. The summed E-state index contributed by atoms with van der Waals surface area (Å²) in [5.74, 6) is -2.37. The Labute approximate surface area is 186 Å². The first kappa shape index (κ1) is 28.2. The Kier molecular flexibility index (Phi) is 6.92. The Morgan fingerprint density at radius 2 is 0.771 bits per heavy atom. The Hall–Kier alpha value is -3.01. The van der Waals surface area contributed by atoms with E-state index in [0.29, 0.717) is 0 Å². The highest BCUT2D eigenvalue weighted by Gasteiger charge is 2.48. The molecule has 0 unspecified atom stereocenters. The maximum absolute atomic E-state index is 13.2. The van der Waals surface area contributed by atoms with Crippen molar-refractivity contribution in [3.05, 3.63) is 69.8 Å². The van der Waals surface area contributed by atoms with Crippen LogP contribution >= 0.6 is 0 Å². The van der Waals surface area contributed by atoms with E-state index in [9.17, 15) is 67.7 Å². The average molecular weight is 529 g/mol. The van der Waals surface area contributed by atoms with Crippen LogP contribution in [0.2, 0.25) is 0 Å². The molecular weight excluding hydrogens is 518 g/mol. The number of alkyl halides is 12. The summed E-state index contributed by atoms with van der Waals surface area (Å²) in [5, 5.41) is 20.2. The predicted molar refractivity (Wildman–Crippen MR) is 91.5 cm³/mol. The van der Waals surface area contributed by atoms with Gasteiger partial charge in [-0.2, -0.15) is 52.7 Å². The Balaban J connectivity index is 3.07. The fourth-order valence-corrected chi connectivity index (χ4v) is 3.05. The second-order valence-electron chi connectivity index (χ2n) is 7.17. The van der Waals surface area contributed by atoms with Crippen molar-refractivity contribution >= 4 is 5.97 Å². The molecule has 0 heterocycles. The molecule has 194 valence electrons. The van der Waals surface area contributed by atoms with Gasteiger partial charge in [0, 0.05) is 0 Å². The molecule has 0 spiro atoms. The van der Waals surface area contributed by atoms with Gasteiger partial charge in [-0.15, -0.1) is 0 Å². The van der Waals surface area contributed by atoms with E-state index in [0.717, 1.165) is 0 Å². The van der Waals surface area contributed by atoms with E-state index in [1.54, 1.807) is 0 Å². The zero-order chi connectivity index (χ0) is 27.4. The molecule has 0 aliphatic heterocycles. The molecule has 16 heteroatoms. The van der Waals surface area contributed by atoms with Crippen LogP contribution in [0.15, 0.2) is 36.4 Å². The van der Waals surface area contributed by atoms with Crippen molar-refractivity contribution in [1.82, 2.24) is 0 Å². The predicted octanol–water partition coefficient (Wildman–Crippen LogP) is 5.41. The SMILES string of the molecule is N[C@H](C(=O)O)C(O)(c1cc(C(F)(F)F)cc(C(F)(F)F)c1)c1cc(C(F)(F)F)cc(C(F)(F)F)c1. The third-order valence-electron chi connectivity index (χ3n) is 4.77. The minimum Gasteiger partial charge on any atom is -0.480 e. The van der Waals surface area contributed by atoms with Crippen molar-refractivity contribution in [1.29, 1.82) is 0 Å². The van der Waals surface area contributed by atoms with Crippen LogP contribution in [0, 0.1) is 0 Å². The Bertz CT molecular complexity index is 976. The maximum Gasteiger partial charge on any atom is 0.416 e. The molecule has 0 aliphatic rings. The fraction of sp³-hybridized carbons (Fsp3) is 0.316. The quantitative estimate of drug-likeness (QED) is 0.463. The lowest BCUT2D eigenvalue weighted by Gasteiger charge is -2.34. The first-order chi connectivity index (χ1) is 15.5. The minimum atomic E-state index is -5.56. The number of aliphatic hydroxyl groups is 1. The molecule has 0 fully saturated rings. The van der Waals surface area contributed by atoms with Gasteiger partial charge in [0.05, 0.1) is 22.3 Å². The largest absolute Gasteiger partial charge is 0.480 e. The molecule has 4 nitrogen and oxygen atoms in total. The number of hydrogen-bond donors (Lipinski definition) is 3. The molecule has 2 aromatic rings. The number of carbonyl (C=O) groups is 1. The molecule has 0 amide bonds. The highest BCUT2D eigenvalue weighted by atomic mass is 19.4. The highest BCUT2D eigenvalue weighted by Crippen LogP contribution is 2.44. The number of carboxylic acids is 1. The van der Waals surface area contributed by atoms with Crippen LogP contribution < -0.4 is 5.73 Å². The summed E-state index contributed by atoms with van der Waals surface area (Å²) in [4.78, 5) is 11.4. The van der Waals surface area contributed by atoms with Gasteiger partial charge < -0.3 is 15.9 Å². The van der Waals surface area contributed by atoms with Crippen LogP contribution in [-0.2, 0) is 35.1 Å².